The molecule has 0 aliphatic carbocycles. The Hall–Kier alpha value is -4.01. The Morgan fingerprint density at radius 2 is 1.40 bits per heavy atom. The van der Waals surface area contributed by atoms with Gasteiger partial charge < -0.3 is 0 Å². The van der Waals surface area contributed by atoms with Crippen molar-refractivity contribution in [1.82, 2.24) is 0 Å². The highest BCUT2D eigenvalue weighted by Gasteiger charge is 2.23. The van der Waals surface area contributed by atoms with Gasteiger partial charge in [0, 0.05) is 30.0 Å². The second-order valence-electron chi connectivity index (χ2n) is 12.3. The maximum Gasteiger partial charge on any atom is 0.221 e. The van der Waals surface area contributed by atoms with E-state index in [9.17, 15) is 0 Å². The number of aromatic nitrogens is 1. The van der Waals surface area contributed by atoms with Crippen molar-refractivity contribution in [1.29, 1.82) is 0 Å². The normalized spacial score (nSPS) is 13.5. The van der Waals surface area contributed by atoms with Crippen LogP contribution in [0.25, 0.3) is 64.1 Å². The maximum atomic E-state index is 8.27. The van der Waals surface area contributed by atoms with Crippen molar-refractivity contribution < 1.29 is 8.68 Å². The molecule has 42 heavy (non-hydrogen) atoms. The van der Waals surface area contributed by atoms with Gasteiger partial charge in [0.25, 0.3) is 0 Å². The van der Waals surface area contributed by atoms with Gasteiger partial charge in [0.05, 0.1) is 10.8 Å². The molecule has 0 unspecified atom stereocenters. The molecule has 0 bridgehead atoms. The minimum Gasteiger partial charge on any atom is -0.200 e. The lowest BCUT2D eigenvalue weighted by Gasteiger charge is -2.21. The number of thiophene rings is 1. The lowest BCUT2D eigenvalue weighted by atomic mass is 9.84. The molecule has 7 rings (SSSR count). The van der Waals surface area contributed by atoms with E-state index in [1.807, 2.05) is 29.0 Å². The summed E-state index contributed by atoms with van der Waals surface area (Å²) in [6, 6.07) is 30.7. The molecule has 0 amide bonds. The lowest BCUT2D eigenvalue weighted by Crippen LogP contribution is -2.29. The monoisotopic (exact) mass is 567 g/mol. The first-order valence-electron chi connectivity index (χ1n) is 16.4. The summed E-state index contributed by atoms with van der Waals surface area (Å²) in [4.78, 5) is 1.26. The molecule has 0 radical (unpaired) electrons. The molecule has 0 aliphatic heterocycles. The van der Waals surface area contributed by atoms with Crippen LogP contribution in [0.2, 0.25) is 0 Å². The van der Waals surface area contributed by atoms with E-state index in [1.54, 1.807) is 6.20 Å². The van der Waals surface area contributed by atoms with Gasteiger partial charge >= 0.3 is 0 Å². The largest absolute Gasteiger partial charge is 0.221 e. The number of hydrogen-bond donors (Lipinski definition) is 0. The van der Waals surface area contributed by atoms with Crippen LogP contribution in [0.1, 0.15) is 65.9 Å². The molecular weight excluding hydrogens is 527 g/mol. The third-order valence-corrected chi connectivity index (χ3v) is 9.93. The van der Waals surface area contributed by atoms with Crippen LogP contribution < -0.4 is 4.57 Å². The molecule has 1 nitrogen and oxygen atoms in total. The average Bonchev–Trinajstić information content (AvgIpc) is 3.44. The lowest BCUT2D eigenvalue weighted by molar-refractivity contribution is -0.644. The fourth-order valence-electron chi connectivity index (χ4n) is 6.86. The number of pyridine rings is 1. The highest BCUT2D eigenvalue weighted by molar-refractivity contribution is 7.22. The van der Waals surface area contributed by atoms with Crippen LogP contribution in [0.5, 0.6) is 0 Å². The Morgan fingerprint density at radius 3 is 2.10 bits per heavy atom. The fourth-order valence-corrected chi connectivity index (χ4v) is 8.02. The van der Waals surface area contributed by atoms with E-state index in [2.05, 4.69) is 113 Å². The molecular formula is C40H38NS+. The predicted octanol–water partition coefficient (Wildman–Crippen LogP) is 11.4. The van der Waals surface area contributed by atoms with E-state index in [4.69, 9.17) is 4.11 Å². The summed E-state index contributed by atoms with van der Waals surface area (Å²) in [6.07, 6.45) is 1.78. The van der Waals surface area contributed by atoms with Gasteiger partial charge in [0.15, 0.2) is 6.20 Å². The van der Waals surface area contributed by atoms with Gasteiger partial charge in [-0.25, -0.2) is 4.57 Å². The zero-order valence-corrected chi connectivity index (χ0v) is 26.0. The molecule has 0 aliphatic rings. The van der Waals surface area contributed by atoms with Gasteiger partial charge in [-0.1, -0.05) is 94.4 Å². The van der Waals surface area contributed by atoms with Crippen LogP contribution in [-0.4, -0.2) is 0 Å². The van der Waals surface area contributed by atoms with Crippen LogP contribution >= 0.6 is 11.3 Å². The standard InChI is InChI=1S/C40H38NS/c1-23(2)31-19-28(27-13-9-8-10-14-27)20-32(24(3)4)39(31)36-21-33-35(42-36)17-16-30-29-15-11-12-26(6)37(29)40-34(38(30)33)18-25(5)22-41(40)7/h8-24H,1-7H3/q+1/i5D3. The second kappa shape index (κ2) is 10.1. The van der Waals surface area contributed by atoms with Crippen molar-refractivity contribution in [2.75, 3.05) is 0 Å². The molecule has 0 atom stereocenters. The Balaban J connectivity index is 1.61. The zero-order chi connectivity index (χ0) is 31.8. The Kier molecular flexibility index (Phi) is 5.64. The third kappa shape index (κ3) is 4.15. The number of nitrogens with zero attached hydrogens (tertiary/aromatic N) is 1. The SMILES string of the molecule is [2H]C([2H])([2H])c1cc2c3c4cc(-c5c(C(C)C)cc(-c6ccccc6)cc5C(C)C)sc4ccc3c3cccc(C)c3c2[n+](C)c1. The molecule has 5 aromatic carbocycles. The summed E-state index contributed by atoms with van der Waals surface area (Å²) < 4.78 is 28.0. The van der Waals surface area contributed by atoms with Gasteiger partial charge in [0.1, 0.15) is 7.05 Å². The summed E-state index contributed by atoms with van der Waals surface area (Å²) in [6.45, 7) is 9.10. The molecule has 2 aromatic heterocycles. The zero-order valence-electron chi connectivity index (χ0n) is 28.2. The average molecular weight is 568 g/mol. The number of hydrogen-bond acceptors (Lipinski definition) is 1. The van der Waals surface area contributed by atoms with Crippen molar-refractivity contribution in [3.63, 3.8) is 0 Å². The predicted molar refractivity (Wildman–Crippen MR) is 184 cm³/mol. The van der Waals surface area contributed by atoms with Crippen LogP contribution in [0, 0.1) is 13.8 Å². The third-order valence-electron chi connectivity index (χ3n) is 8.81. The van der Waals surface area contributed by atoms with E-state index in [0.29, 0.717) is 17.4 Å². The molecule has 0 spiro atoms. The van der Waals surface area contributed by atoms with Crippen molar-refractivity contribution in [3.8, 4) is 21.6 Å². The quantitative estimate of drug-likeness (QED) is 0.147. The minimum absolute atomic E-state index is 0.344. The van der Waals surface area contributed by atoms with Crippen LogP contribution in [0.4, 0.5) is 0 Å². The molecule has 0 N–H and O–H groups in total. The van der Waals surface area contributed by atoms with Gasteiger partial charge in [-0.05, 0) is 88.0 Å². The Labute approximate surface area is 257 Å². The van der Waals surface area contributed by atoms with Crippen LogP contribution in [0.3, 0.4) is 0 Å². The molecule has 0 saturated heterocycles. The molecule has 2 heterocycles. The molecule has 7 aromatic rings. The van der Waals surface area contributed by atoms with Crippen molar-refractivity contribution in [3.05, 3.63) is 113 Å². The summed E-state index contributed by atoms with van der Waals surface area (Å²) in [7, 11) is 1.98. The number of fused-ring (bicyclic) bond motifs is 8. The molecule has 0 fully saturated rings. The van der Waals surface area contributed by atoms with Gasteiger partial charge in [-0.3, -0.25) is 0 Å². The molecule has 0 saturated carbocycles. The summed E-state index contributed by atoms with van der Waals surface area (Å²) in [5, 5.41) is 6.83. The van der Waals surface area contributed by atoms with Crippen molar-refractivity contribution >= 4 is 53.9 Å². The second-order valence-corrected chi connectivity index (χ2v) is 13.4. The Bertz CT molecular complexity index is 2250. The number of rotatable bonds is 4. The summed E-state index contributed by atoms with van der Waals surface area (Å²) in [5.41, 5.74) is 9.17. The van der Waals surface area contributed by atoms with E-state index in [-0.39, 0.29) is 0 Å². The van der Waals surface area contributed by atoms with Gasteiger partial charge in [0.2, 0.25) is 5.52 Å². The number of aryl methyl sites for hydroxylation is 3. The number of benzene rings is 5. The summed E-state index contributed by atoms with van der Waals surface area (Å²) in [5.74, 6) is 0.688. The van der Waals surface area contributed by atoms with Crippen LogP contribution in [-0.2, 0) is 7.05 Å². The molecule has 2 heteroatoms. The van der Waals surface area contributed by atoms with Gasteiger partial charge in [-0.15, -0.1) is 11.3 Å². The Morgan fingerprint density at radius 1 is 0.690 bits per heavy atom. The molecule has 208 valence electrons. The van der Waals surface area contributed by atoms with E-state index < -0.39 is 6.85 Å². The summed E-state index contributed by atoms with van der Waals surface area (Å²) >= 11 is 1.84. The minimum atomic E-state index is -2.20. The smallest absolute Gasteiger partial charge is 0.200 e. The first-order valence-corrected chi connectivity index (χ1v) is 15.7. The van der Waals surface area contributed by atoms with E-state index in [0.717, 1.165) is 21.7 Å². The topological polar surface area (TPSA) is 3.88 Å². The maximum absolute atomic E-state index is 8.27. The first kappa shape index (κ1) is 23.5. The van der Waals surface area contributed by atoms with Crippen molar-refractivity contribution in [2.45, 2.75) is 53.3 Å². The van der Waals surface area contributed by atoms with Crippen LogP contribution in [0.15, 0.2) is 91.1 Å². The van der Waals surface area contributed by atoms with E-state index in [1.165, 1.54) is 59.1 Å². The first-order chi connectivity index (χ1) is 21.4. The van der Waals surface area contributed by atoms with Gasteiger partial charge in [-0.2, -0.15) is 0 Å². The van der Waals surface area contributed by atoms with E-state index >= 15 is 0 Å². The highest BCUT2D eigenvalue weighted by Crippen LogP contribution is 2.47. The fraction of sp³-hybridized carbons (Fsp3) is 0.225. The van der Waals surface area contributed by atoms with Crippen molar-refractivity contribution in [2.24, 2.45) is 7.05 Å². The highest BCUT2D eigenvalue weighted by atomic mass is 32.1.